The third-order valence-corrected chi connectivity index (χ3v) is 7.34. The van der Waals surface area contributed by atoms with Gasteiger partial charge < -0.3 is 19.7 Å². The van der Waals surface area contributed by atoms with Crippen LogP contribution in [0.25, 0.3) is 10.9 Å². The molecule has 1 N–H and O–H groups in total. The molecule has 1 aromatic heterocycles. The van der Waals surface area contributed by atoms with Crippen molar-refractivity contribution in [2.45, 2.75) is 12.8 Å². The van der Waals surface area contributed by atoms with Crippen LogP contribution >= 0.6 is 11.6 Å². The monoisotopic (exact) mass is 468 g/mol. The van der Waals surface area contributed by atoms with Crippen LogP contribution in [-0.4, -0.2) is 56.6 Å². The summed E-state index contributed by atoms with van der Waals surface area (Å²) in [6, 6.07) is 6.65. The Morgan fingerprint density at radius 3 is 2.64 bits per heavy atom. The maximum absolute atomic E-state index is 14.5. The highest BCUT2D eigenvalue weighted by atomic mass is 35.5. The Morgan fingerprint density at radius 1 is 1.15 bits per heavy atom. The lowest BCUT2D eigenvalue weighted by Gasteiger charge is -2.17. The van der Waals surface area contributed by atoms with Crippen LogP contribution in [0.15, 0.2) is 30.6 Å². The van der Waals surface area contributed by atoms with Gasteiger partial charge in [0.1, 0.15) is 25.8 Å². The maximum Gasteiger partial charge on any atom is 0.163 e. The molecule has 33 heavy (non-hydrogen) atoms. The van der Waals surface area contributed by atoms with Gasteiger partial charge in [0, 0.05) is 29.6 Å². The van der Waals surface area contributed by atoms with Crippen molar-refractivity contribution in [3.63, 3.8) is 0 Å². The summed E-state index contributed by atoms with van der Waals surface area (Å²) in [6.45, 7) is 3.06. The fourth-order valence-electron chi connectivity index (χ4n) is 5.31. The highest BCUT2D eigenvalue weighted by Gasteiger charge is 2.39. The molecule has 1 saturated heterocycles. The van der Waals surface area contributed by atoms with Crippen molar-refractivity contribution in [1.82, 2.24) is 14.9 Å². The van der Waals surface area contributed by atoms with Crippen molar-refractivity contribution in [3.8, 4) is 11.5 Å². The zero-order valence-electron chi connectivity index (χ0n) is 19.1. The predicted octanol–water partition coefficient (Wildman–Crippen LogP) is 3.40. The van der Waals surface area contributed by atoms with E-state index < -0.39 is 5.82 Å². The van der Waals surface area contributed by atoms with E-state index in [-0.39, 0.29) is 5.69 Å². The minimum atomic E-state index is -0.400. The Morgan fingerprint density at radius 2 is 1.91 bits per heavy atom. The number of nitrogens with zero attached hydrogens (tertiary/aromatic N) is 3. The number of rotatable bonds is 6. The van der Waals surface area contributed by atoms with Crippen molar-refractivity contribution in [2.24, 2.45) is 17.8 Å². The first-order valence-corrected chi connectivity index (χ1v) is 11.7. The van der Waals surface area contributed by atoms with E-state index in [1.54, 1.807) is 21.0 Å². The van der Waals surface area contributed by atoms with Crippen molar-refractivity contribution in [1.29, 1.82) is 0 Å². The summed E-state index contributed by atoms with van der Waals surface area (Å²) in [5, 5.41) is 4.23. The topological polar surface area (TPSA) is 59.5 Å². The number of likely N-dealkylation sites (tertiary alicyclic amines) is 1. The molecular formula is C24H27BClFN4O2. The standard InChI is InChI=1S/C24H27BClFN4O2/c1-31-9-14-3-13(4-15(14)10-31)11-33-23-8-20-16(5-22(23)32-2)24(29-12-28-20)30-21-7-18(26)17(25)6-19(21)27/h5-8,12-15H,3-4,9-11,25H2,1-2H3,(H,28,29,30)/t13?,14-,15+. The first-order chi connectivity index (χ1) is 15.9. The summed E-state index contributed by atoms with van der Waals surface area (Å²) in [5.41, 5.74) is 1.61. The molecule has 1 saturated carbocycles. The highest BCUT2D eigenvalue weighted by molar-refractivity contribution is 6.45. The number of halogens is 2. The SMILES string of the molecule is Bc1cc(F)c(Nc2ncnc3cc(OCC4C[C@@H]5CN(C)C[C@@H]5C4)c(OC)cc23)cc1Cl. The maximum atomic E-state index is 14.5. The number of nitrogens with one attached hydrogen (secondary N) is 1. The summed E-state index contributed by atoms with van der Waals surface area (Å²) < 4.78 is 26.3. The molecule has 0 radical (unpaired) electrons. The zero-order valence-corrected chi connectivity index (χ0v) is 19.8. The molecule has 0 spiro atoms. The molecule has 2 heterocycles. The molecule has 0 amide bonds. The molecule has 1 unspecified atom stereocenters. The molecule has 2 aromatic carbocycles. The Kier molecular flexibility index (Phi) is 6.06. The lowest BCUT2D eigenvalue weighted by molar-refractivity contribution is 0.227. The van der Waals surface area contributed by atoms with Crippen molar-refractivity contribution in [2.75, 3.05) is 39.2 Å². The van der Waals surface area contributed by atoms with Crippen LogP contribution < -0.4 is 20.3 Å². The van der Waals surface area contributed by atoms with Gasteiger partial charge in [0.05, 0.1) is 24.9 Å². The van der Waals surface area contributed by atoms with E-state index >= 15 is 0 Å². The normalized spacial score (nSPS) is 22.5. The van der Waals surface area contributed by atoms with Crippen LogP contribution in [0, 0.1) is 23.6 Å². The number of aromatic nitrogens is 2. The lowest BCUT2D eigenvalue weighted by Crippen LogP contribution is -2.18. The molecule has 2 aliphatic rings. The van der Waals surface area contributed by atoms with Crippen LogP contribution in [0.5, 0.6) is 11.5 Å². The van der Waals surface area contributed by atoms with Gasteiger partial charge in [-0.05, 0) is 55.8 Å². The van der Waals surface area contributed by atoms with E-state index in [1.807, 2.05) is 12.1 Å². The summed E-state index contributed by atoms with van der Waals surface area (Å²) in [5.74, 6) is 3.47. The van der Waals surface area contributed by atoms with Gasteiger partial charge in [0.2, 0.25) is 0 Å². The lowest BCUT2D eigenvalue weighted by atomic mass is 9.96. The summed E-state index contributed by atoms with van der Waals surface area (Å²) in [7, 11) is 5.58. The fourth-order valence-corrected chi connectivity index (χ4v) is 5.47. The molecule has 172 valence electrons. The Labute approximate surface area is 198 Å². The predicted molar refractivity (Wildman–Crippen MR) is 132 cm³/mol. The van der Waals surface area contributed by atoms with Gasteiger partial charge in [-0.3, -0.25) is 0 Å². The number of anilines is 2. The van der Waals surface area contributed by atoms with Gasteiger partial charge in [-0.1, -0.05) is 17.1 Å². The smallest absolute Gasteiger partial charge is 0.163 e. The molecule has 1 aliphatic heterocycles. The van der Waals surface area contributed by atoms with E-state index in [0.29, 0.717) is 51.2 Å². The summed E-state index contributed by atoms with van der Waals surface area (Å²) in [4.78, 5) is 11.1. The van der Waals surface area contributed by atoms with Crippen LogP contribution in [0.3, 0.4) is 0 Å². The molecule has 5 rings (SSSR count). The van der Waals surface area contributed by atoms with Gasteiger partial charge in [-0.15, -0.1) is 0 Å². The zero-order chi connectivity index (χ0) is 23.1. The van der Waals surface area contributed by atoms with Crippen LogP contribution in [0.2, 0.25) is 5.02 Å². The minimum absolute atomic E-state index is 0.252. The molecule has 0 bridgehead atoms. The number of fused-ring (bicyclic) bond motifs is 2. The van der Waals surface area contributed by atoms with E-state index in [2.05, 4.69) is 27.2 Å². The molecule has 9 heteroatoms. The molecule has 3 atom stereocenters. The molecule has 1 aliphatic carbocycles. The minimum Gasteiger partial charge on any atom is -0.493 e. The Hall–Kier alpha value is -2.58. The second-order valence-corrected chi connectivity index (χ2v) is 9.75. The van der Waals surface area contributed by atoms with Gasteiger partial charge in [-0.2, -0.15) is 0 Å². The number of ether oxygens (including phenoxy) is 2. The van der Waals surface area contributed by atoms with Crippen molar-refractivity contribution < 1.29 is 13.9 Å². The van der Waals surface area contributed by atoms with E-state index in [0.717, 1.165) is 11.8 Å². The van der Waals surface area contributed by atoms with Crippen LogP contribution in [0.4, 0.5) is 15.9 Å². The van der Waals surface area contributed by atoms with E-state index in [9.17, 15) is 4.39 Å². The first kappa shape index (κ1) is 22.2. The first-order valence-electron chi connectivity index (χ1n) is 11.3. The fraction of sp³-hybridized carbons (Fsp3) is 0.417. The van der Waals surface area contributed by atoms with Gasteiger partial charge >= 0.3 is 0 Å². The van der Waals surface area contributed by atoms with Gasteiger partial charge in [-0.25, -0.2) is 14.4 Å². The molecule has 2 fully saturated rings. The number of hydrogen-bond donors (Lipinski definition) is 1. The van der Waals surface area contributed by atoms with Crippen LogP contribution in [-0.2, 0) is 0 Å². The molecular weight excluding hydrogens is 442 g/mol. The van der Waals surface area contributed by atoms with Gasteiger partial charge in [0.25, 0.3) is 0 Å². The Bertz CT molecular complexity index is 1180. The average Bonchev–Trinajstić information content (AvgIpc) is 3.32. The van der Waals surface area contributed by atoms with Crippen molar-refractivity contribution in [3.05, 3.63) is 41.4 Å². The second-order valence-electron chi connectivity index (χ2n) is 9.34. The quantitative estimate of drug-likeness (QED) is 0.560. The highest BCUT2D eigenvalue weighted by Crippen LogP contribution is 2.42. The van der Waals surface area contributed by atoms with E-state index in [4.69, 9.17) is 21.1 Å². The average molecular weight is 469 g/mol. The number of hydrogen-bond acceptors (Lipinski definition) is 6. The molecule has 3 aromatic rings. The van der Waals surface area contributed by atoms with E-state index in [1.165, 1.54) is 38.3 Å². The third kappa shape index (κ3) is 4.46. The Balaban J connectivity index is 1.37. The summed E-state index contributed by atoms with van der Waals surface area (Å²) in [6.07, 6.45) is 3.88. The number of benzene rings is 2. The van der Waals surface area contributed by atoms with Crippen LogP contribution in [0.1, 0.15) is 12.8 Å². The van der Waals surface area contributed by atoms with Crippen molar-refractivity contribution >= 4 is 47.3 Å². The largest absolute Gasteiger partial charge is 0.493 e. The third-order valence-electron chi connectivity index (χ3n) is 6.93. The summed E-state index contributed by atoms with van der Waals surface area (Å²) >= 11 is 6.19. The second kappa shape index (κ2) is 8.99. The molecule has 6 nitrogen and oxygen atoms in total. The van der Waals surface area contributed by atoms with Gasteiger partial charge in [0.15, 0.2) is 11.5 Å². The number of methoxy groups -OCH3 is 1.